The van der Waals surface area contributed by atoms with Gasteiger partial charge in [-0.05, 0) is 35.9 Å². The van der Waals surface area contributed by atoms with Crippen LogP contribution in [0.3, 0.4) is 0 Å². The largest absolute Gasteiger partial charge is 0.497 e. The third-order valence-electron chi connectivity index (χ3n) is 5.29. The van der Waals surface area contributed by atoms with E-state index in [1.807, 2.05) is 24.3 Å². The molecule has 0 spiro atoms. The summed E-state index contributed by atoms with van der Waals surface area (Å²) in [5.41, 5.74) is 7.92. The molecule has 3 aromatic carbocycles. The number of allylic oxidation sites excluding steroid dienone is 1. The Morgan fingerprint density at radius 1 is 1.00 bits per heavy atom. The van der Waals surface area contributed by atoms with E-state index in [9.17, 15) is 10.1 Å². The van der Waals surface area contributed by atoms with Crippen LogP contribution in [0.4, 0.5) is 0 Å². The molecule has 0 amide bonds. The second-order valence-electron chi connectivity index (χ2n) is 7.31. The molecule has 4 rings (SSSR count). The van der Waals surface area contributed by atoms with E-state index in [1.54, 1.807) is 49.6 Å². The normalized spacial score (nSPS) is 14.3. The average molecular weight is 458 g/mol. The number of fused-ring (bicyclic) bond motifs is 1. The smallest absolute Gasteiger partial charge is 0.349 e. The lowest BCUT2D eigenvalue weighted by Gasteiger charge is -2.26. The van der Waals surface area contributed by atoms with Gasteiger partial charge in [-0.3, -0.25) is 0 Å². The molecule has 34 heavy (non-hydrogen) atoms. The molecule has 8 heteroatoms. The molecule has 0 saturated heterocycles. The number of rotatable bonds is 7. The number of methoxy groups -OCH3 is 2. The van der Waals surface area contributed by atoms with E-state index in [-0.39, 0.29) is 18.2 Å². The van der Waals surface area contributed by atoms with Gasteiger partial charge in [0, 0.05) is 11.6 Å². The predicted molar refractivity (Wildman–Crippen MR) is 123 cm³/mol. The van der Waals surface area contributed by atoms with Crippen LogP contribution < -0.4 is 29.4 Å². The Balaban J connectivity index is 1.54. The number of carbonyl (C=O) groups excluding carboxylic acids is 1. The van der Waals surface area contributed by atoms with Crippen LogP contribution in [0.15, 0.2) is 78.2 Å². The van der Waals surface area contributed by atoms with Gasteiger partial charge in [0.1, 0.15) is 28.9 Å². The first-order valence-electron chi connectivity index (χ1n) is 10.4. The fourth-order valence-corrected chi connectivity index (χ4v) is 3.67. The zero-order valence-corrected chi connectivity index (χ0v) is 18.6. The summed E-state index contributed by atoms with van der Waals surface area (Å²) in [5, 5.41) is 9.70. The van der Waals surface area contributed by atoms with Crippen LogP contribution in [0, 0.1) is 11.3 Å². The Hall–Kier alpha value is -4.64. The van der Waals surface area contributed by atoms with E-state index in [0.717, 1.165) is 11.1 Å². The molecular formula is C26H22N2O6. The van der Waals surface area contributed by atoms with E-state index in [2.05, 4.69) is 6.07 Å². The van der Waals surface area contributed by atoms with Gasteiger partial charge in [-0.25, -0.2) is 4.79 Å². The Labute approximate surface area is 196 Å². The third kappa shape index (κ3) is 4.59. The molecule has 1 heterocycles. The molecule has 1 aliphatic rings. The summed E-state index contributed by atoms with van der Waals surface area (Å²) < 4.78 is 27.0. The van der Waals surface area contributed by atoms with Crippen LogP contribution in [0.5, 0.6) is 28.7 Å². The Morgan fingerprint density at radius 2 is 1.71 bits per heavy atom. The lowest BCUT2D eigenvalue weighted by Crippen LogP contribution is -2.21. The van der Waals surface area contributed by atoms with Crippen molar-refractivity contribution in [2.75, 3.05) is 20.8 Å². The highest BCUT2D eigenvalue weighted by Gasteiger charge is 2.31. The second-order valence-corrected chi connectivity index (χ2v) is 7.31. The van der Waals surface area contributed by atoms with Crippen LogP contribution >= 0.6 is 0 Å². The maximum absolute atomic E-state index is 12.3. The van der Waals surface area contributed by atoms with Crippen molar-refractivity contribution in [3.63, 3.8) is 0 Å². The van der Waals surface area contributed by atoms with Gasteiger partial charge in [-0.1, -0.05) is 30.3 Å². The number of esters is 1. The molecule has 3 aromatic rings. The summed E-state index contributed by atoms with van der Waals surface area (Å²) in [6.07, 6.45) is 0. The number of hydrogen-bond donors (Lipinski definition) is 1. The lowest BCUT2D eigenvalue weighted by molar-refractivity contribution is -0.136. The third-order valence-corrected chi connectivity index (χ3v) is 5.29. The SMILES string of the molecule is COc1ccc(C2C(C#N)=C(N)Oc3cc(OC(=O)COc4ccccc4OC)ccc32)cc1. The second kappa shape index (κ2) is 9.88. The van der Waals surface area contributed by atoms with Gasteiger partial charge in [0.2, 0.25) is 5.88 Å². The molecule has 0 fully saturated rings. The maximum atomic E-state index is 12.3. The highest BCUT2D eigenvalue weighted by atomic mass is 16.6. The van der Waals surface area contributed by atoms with E-state index in [4.69, 9.17) is 29.4 Å². The van der Waals surface area contributed by atoms with Crippen LogP contribution in [-0.2, 0) is 4.79 Å². The van der Waals surface area contributed by atoms with Crippen molar-refractivity contribution >= 4 is 5.97 Å². The van der Waals surface area contributed by atoms with Gasteiger partial charge in [0.25, 0.3) is 0 Å². The number of benzene rings is 3. The summed E-state index contributed by atoms with van der Waals surface area (Å²) in [5.74, 6) is 1.26. The van der Waals surface area contributed by atoms with Crippen molar-refractivity contribution in [3.8, 4) is 34.8 Å². The van der Waals surface area contributed by atoms with E-state index in [1.165, 1.54) is 7.11 Å². The number of nitrogens with zero attached hydrogens (tertiary/aromatic N) is 1. The number of para-hydroxylation sites is 2. The highest BCUT2D eigenvalue weighted by Crippen LogP contribution is 2.43. The van der Waals surface area contributed by atoms with Crippen molar-refractivity contribution in [1.82, 2.24) is 0 Å². The lowest BCUT2D eigenvalue weighted by atomic mass is 9.83. The molecule has 0 aliphatic carbocycles. The first-order valence-corrected chi connectivity index (χ1v) is 10.4. The fraction of sp³-hybridized carbons (Fsp3) is 0.154. The average Bonchev–Trinajstić information content (AvgIpc) is 2.86. The molecule has 0 saturated carbocycles. The first-order chi connectivity index (χ1) is 16.5. The molecule has 1 aliphatic heterocycles. The van der Waals surface area contributed by atoms with Gasteiger partial charge in [0.15, 0.2) is 18.1 Å². The molecule has 0 bridgehead atoms. The topological polar surface area (TPSA) is 113 Å². The van der Waals surface area contributed by atoms with Gasteiger partial charge < -0.3 is 29.4 Å². The van der Waals surface area contributed by atoms with Crippen molar-refractivity contribution in [2.24, 2.45) is 5.73 Å². The summed E-state index contributed by atoms with van der Waals surface area (Å²) in [6.45, 7) is -0.312. The Morgan fingerprint density at radius 3 is 2.38 bits per heavy atom. The molecule has 0 aromatic heterocycles. The quantitative estimate of drug-likeness (QED) is 0.419. The minimum absolute atomic E-state index is 0.00111. The number of carbonyl (C=O) groups is 1. The molecule has 0 radical (unpaired) electrons. The molecule has 8 nitrogen and oxygen atoms in total. The molecule has 1 unspecified atom stereocenters. The Kier molecular flexibility index (Phi) is 6.55. The van der Waals surface area contributed by atoms with Crippen molar-refractivity contribution in [2.45, 2.75) is 5.92 Å². The number of nitriles is 1. The maximum Gasteiger partial charge on any atom is 0.349 e. The van der Waals surface area contributed by atoms with E-state index in [0.29, 0.717) is 28.6 Å². The van der Waals surface area contributed by atoms with Crippen molar-refractivity contribution < 1.29 is 28.5 Å². The van der Waals surface area contributed by atoms with Crippen LogP contribution in [0.2, 0.25) is 0 Å². The van der Waals surface area contributed by atoms with Gasteiger partial charge in [-0.2, -0.15) is 5.26 Å². The highest BCUT2D eigenvalue weighted by molar-refractivity contribution is 5.74. The van der Waals surface area contributed by atoms with Gasteiger partial charge in [-0.15, -0.1) is 0 Å². The minimum Gasteiger partial charge on any atom is -0.497 e. The number of hydrogen-bond acceptors (Lipinski definition) is 8. The van der Waals surface area contributed by atoms with Crippen LogP contribution in [0.25, 0.3) is 0 Å². The van der Waals surface area contributed by atoms with Crippen molar-refractivity contribution in [1.29, 1.82) is 5.26 Å². The Bertz CT molecular complexity index is 1280. The monoisotopic (exact) mass is 458 g/mol. The predicted octanol–water partition coefficient (Wildman–Crippen LogP) is 3.91. The van der Waals surface area contributed by atoms with Crippen LogP contribution in [0.1, 0.15) is 17.0 Å². The van der Waals surface area contributed by atoms with Crippen molar-refractivity contribution in [3.05, 3.63) is 89.3 Å². The summed E-state index contributed by atoms with van der Waals surface area (Å²) in [6, 6.07) is 21.5. The van der Waals surface area contributed by atoms with Gasteiger partial charge in [0.05, 0.1) is 20.1 Å². The van der Waals surface area contributed by atoms with E-state index < -0.39 is 11.9 Å². The standard InChI is InChI=1S/C26H22N2O6/c1-30-17-9-7-16(8-10-17)25-19-12-11-18(13-23(19)34-26(28)20(25)14-27)33-24(29)15-32-22-6-4-3-5-21(22)31-2/h3-13,25H,15,28H2,1-2H3. The zero-order chi connectivity index (χ0) is 24.1. The summed E-state index contributed by atoms with van der Waals surface area (Å²) in [4.78, 5) is 12.3. The number of ether oxygens (including phenoxy) is 5. The summed E-state index contributed by atoms with van der Waals surface area (Å²) in [7, 11) is 3.10. The molecule has 1 atom stereocenters. The fourth-order valence-electron chi connectivity index (χ4n) is 3.67. The van der Waals surface area contributed by atoms with Gasteiger partial charge >= 0.3 is 5.97 Å². The summed E-state index contributed by atoms with van der Waals surface area (Å²) >= 11 is 0. The van der Waals surface area contributed by atoms with Crippen LogP contribution in [-0.4, -0.2) is 26.8 Å². The molecular weight excluding hydrogens is 436 g/mol. The zero-order valence-electron chi connectivity index (χ0n) is 18.6. The first kappa shape index (κ1) is 22.6. The minimum atomic E-state index is -0.602. The van der Waals surface area contributed by atoms with E-state index >= 15 is 0 Å². The molecule has 172 valence electrons. The number of nitrogens with two attached hydrogens (primary N) is 1. The molecule has 2 N–H and O–H groups in total.